The van der Waals surface area contributed by atoms with Crippen molar-refractivity contribution in [3.63, 3.8) is 0 Å². The van der Waals surface area contributed by atoms with Crippen LogP contribution in [-0.2, 0) is 11.3 Å². The standard InChI is InChI=1S/C13H23N5O/c1-12(17-8-4-2-3-5-9-17)13(19)14-6-10-18-11-7-15-16-18/h7,11-12H,2-6,8-10H2,1H3,(H,14,19)/t12-/m0/s1. The van der Waals surface area contributed by atoms with Crippen LogP contribution in [0.1, 0.15) is 32.6 Å². The topological polar surface area (TPSA) is 63.1 Å². The molecule has 0 saturated carbocycles. The molecule has 0 radical (unpaired) electrons. The molecule has 1 amide bonds. The molecule has 0 aliphatic carbocycles. The maximum atomic E-state index is 12.1. The Hall–Kier alpha value is -1.43. The van der Waals surface area contributed by atoms with Crippen molar-refractivity contribution in [1.29, 1.82) is 0 Å². The van der Waals surface area contributed by atoms with E-state index in [1.807, 2.05) is 6.92 Å². The summed E-state index contributed by atoms with van der Waals surface area (Å²) in [6.07, 6.45) is 8.42. The van der Waals surface area contributed by atoms with Crippen molar-refractivity contribution in [2.45, 2.75) is 45.2 Å². The fourth-order valence-electron chi connectivity index (χ4n) is 2.44. The number of hydrogen-bond acceptors (Lipinski definition) is 4. The zero-order chi connectivity index (χ0) is 13.5. The summed E-state index contributed by atoms with van der Waals surface area (Å²) in [4.78, 5) is 14.4. The van der Waals surface area contributed by atoms with Gasteiger partial charge in [-0.1, -0.05) is 18.1 Å². The number of amides is 1. The van der Waals surface area contributed by atoms with Gasteiger partial charge in [-0.2, -0.15) is 0 Å². The van der Waals surface area contributed by atoms with Crippen molar-refractivity contribution >= 4 is 5.91 Å². The Bertz CT molecular complexity index is 370. The Morgan fingerprint density at radius 1 is 1.32 bits per heavy atom. The van der Waals surface area contributed by atoms with Gasteiger partial charge in [0.1, 0.15) is 0 Å². The first-order valence-corrected chi connectivity index (χ1v) is 7.13. The summed E-state index contributed by atoms with van der Waals surface area (Å²) in [5.41, 5.74) is 0. The Kier molecular flexibility index (Phi) is 5.32. The van der Waals surface area contributed by atoms with Crippen LogP contribution < -0.4 is 5.32 Å². The highest BCUT2D eigenvalue weighted by Gasteiger charge is 2.21. The molecule has 0 unspecified atom stereocenters. The van der Waals surface area contributed by atoms with E-state index in [0.29, 0.717) is 13.1 Å². The van der Waals surface area contributed by atoms with Crippen LogP contribution in [0.5, 0.6) is 0 Å². The highest BCUT2D eigenvalue weighted by Crippen LogP contribution is 2.12. The number of likely N-dealkylation sites (tertiary alicyclic amines) is 1. The molecule has 1 aromatic heterocycles. The van der Waals surface area contributed by atoms with Gasteiger partial charge in [0.2, 0.25) is 5.91 Å². The average Bonchev–Trinajstić information content (AvgIpc) is 2.78. The van der Waals surface area contributed by atoms with Crippen LogP contribution in [0.3, 0.4) is 0 Å². The van der Waals surface area contributed by atoms with Gasteiger partial charge in [0.15, 0.2) is 0 Å². The molecule has 0 spiro atoms. The van der Waals surface area contributed by atoms with E-state index in [-0.39, 0.29) is 11.9 Å². The molecular weight excluding hydrogens is 242 g/mol. The molecule has 1 fully saturated rings. The van der Waals surface area contributed by atoms with Crippen LogP contribution >= 0.6 is 0 Å². The number of carbonyl (C=O) groups is 1. The third kappa shape index (κ3) is 4.31. The summed E-state index contributed by atoms with van der Waals surface area (Å²) in [6.45, 7) is 5.34. The summed E-state index contributed by atoms with van der Waals surface area (Å²) < 4.78 is 1.72. The molecule has 1 N–H and O–H groups in total. The van der Waals surface area contributed by atoms with Gasteiger partial charge < -0.3 is 5.32 Å². The number of hydrogen-bond donors (Lipinski definition) is 1. The zero-order valence-corrected chi connectivity index (χ0v) is 11.6. The van der Waals surface area contributed by atoms with E-state index in [1.54, 1.807) is 17.1 Å². The SMILES string of the molecule is C[C@@H](C(=O)NCCn1ccnn1)N1CCCCCC1. The molecule has 2 rings (SSSR count). The van der Waals surface area contributed by atoms with Crippen LogP contribution in [0.2, 0.25) is 0 Å². The van der Waals surface area contributed by atoms with Crippen molar-refractivity contribution < 1.29 is 4.79 Å². The van der Waals surface area contributed by atoms with Crippen LogP contribution in [0.4, 0.5) is 0 Å². The minimum atomic E-state index is -0.0335. The number of rotatable bonds is 5. The monoisotopic (exact) mass is 265 g/mol. The Morgan fingerprint density at radius 2 is 2.05 bits per heavy atom. The molecule has 1 aliphatic rings. The summed E-state index contributed by atoms with van der Waals surface area (Å²) in [7, 11) is 0. The summed E-state index contributed by atoms with van der Waals surface area (Å²) in [6, 6.07) is -0.0335. The molecule has 0 aromatic carbocycles. The van der Waals surface area contributed by atoms with Crippen molar-refractivity contribution in [3.8, 4) is 0 Å². The average molecular weight is 265 g/mol. The van der Waals surface area contributed by atoms with Crippen LogP contribution in [0.25, 0.3) is 0 Å². The lowest BCUT2D eigenvalue weighted by molar-refractivity contribution is -0.125. The first-order chi connectivity index (χ1) is 9.27. The van der Waals surface area contributed by atoms with E-state index < -0.39 is 0 Å². The molecule has 6 nitrogen and oxygen atoms in total. The number of nitrogens with one attached hydrogen (secondary N) is 1. The third-order valence-corrected chi connectivity index (χ3v) is 3.68. The van der Waals surface area contributed by atoms with Gasteiger partial charge in [-0.25, -0.2) is 0 Å². The molecule has 6 heteroatoms. The highest BCUT2D eigenvalue weighted by molar-refractivity contribution is 5.81. The summed E-state index contributed by atoms with van der Waals surface area (Å²) >= 11 is 0. The fourth-order valence-corrected chi connectivity index (χ4v) is 2.44. The Balaban J connectivity index is 1.72. The lowest BCUT2D eigenvalue weighted by Crippen LogP contribution is -2.46. The van der Waals surface area contributed by atoms with E-state index in [9.17, 15) is 4.79 Å². The van der Waals surface area contributed by atoms with E-state index in [4.69, 9.17) is 0 Å². The number of carbonyl (C=O) groups excluding carboxylic acids is 1. The second kappa shape index (κ2) is 7.23. The maximum Gasteiger partial charge on any atom is 0.237 e. The predicted octanol–water partition coefficient (Wildman–Crippen LogP) is 0.659. The van der Waals surface area contributed by atoms with Crippen molar-refractivity contribution in [3.05, 3.63) is 12.4 Å². The van der Waals surface area contributed by atoms with E-state index in [0.717, 1.165) is 13.1 Å². The normalized spacial score (nSPS) is 18.8. The number of nitrogens with zero attached hydrogens (tertiary/aromatic N) is 4. The first-order valence-electron chi connectivity index (χ1n) is 7.13. The minimum absolute atomic E-state index is 0.0335. The largest absolute Gasteiger partial charge is 0.353 e. The van der Waals surface area contributed by atoms with Gasteiger partial charge in [0.25, 0.3) is 0 Å². The third-order valence-electron chi connectivity index (χ3n) is 3.68. The molecule has 2 heterocycles. The molecule has 0 bridgehead atoms. The van der Waals surface area contributed by atoms with Crippen LogP contribution in [0, 0.1) is 0 Å². The van der Waals surface area contributed by atoms with E-state index >= 15 is 0 Å². The van der Waals surface area contributed by atoms with Crippen molar-refractivity contribution in [1.82, 2.24) is 25.2 Å². The van der Waals surface area contributed by atoms with Gasteiger partial charge in [-0.15, -0.1) is 5.10 Å². The quantitative estimate of drug-likeness (QED) is 0.849. The van der Waals surface area contributed by atoms with Crippen molar-refractivity contribution in [2.75, 3.05) is 19.6 Å². The fraction of sp³-hybridized carbons (Fsp3) is 0.769. The van der Waals surface area contributed by atoms with Crippen LogP contribution in [0.15, 0.2) is 12.4 Å². The van der Waals surface area contributed by atoms with Gasteiger partial charge in [0.05, 0.1) is 18.8 Å². The molecule has 1 saturated heterocycles. The summed E-state index contributed by atoms with van der Waals surface area (Å²) in [5.74, 6) is 0.113. The zero-order valence-electron chi connectivity index (χ0n) is 11.6. The first kappa shape index (κ1) is 14.0. The van der Waals surface area contributed by atoms with Crippen LogP contribution in [-0.4, -0.2) is 51.5 Å². The molecule has 1 aromatic rings. The molecule has 19 heavy (non-hydrogen) atoms. The van der Waals surface area contributed by atoms with Gasteiger partial charge in [0, 0.05) is 12.7 Å². The summed E-state index contributed by atoms with van der Waals surface area (Å²) in [5, 5.41) is 10.6. The van der Waals surface area contributed by atoms with Gasteiger partial charge in [-0.05, 0) is 32.9 Å². The lowest BCUT2D eigenvalue weighted by Gasteiger charge is -2.26. The Labute approximate surface area is 114 Å². The molecule has 1 aliphatic heterocycles. The second-order valence-corrected chi connectivity index (χ2v) is 5.08. The van der Waals surface area contributed by atoms with E-state index in [1.165, 1.54) is 25.7 Å². The highest BCUT2D eigenvalue weighted by atomic mass is 16.2. The molecule has 1 atom stereocenters. The second-order valence-electron chi connectivity index (χ2n) is 5.08. The smallest absolute Gasteiger partial charge is 0.237 e. The Morgan fingerprint density at radius 3 is 2.68 bits per heavy atom. The lowest BCUT2D eigenvalue weighted by atomic mass is 10.2. The van der Waals surface area contributed by atoms with E-state index in [2.05, 4.69) is 20.5 Å². The maximum absolute atomic E-state index is 12.1. The molecule has 106 valence electrons. The molecular formula is C13H23N5O. The number of aromatic nitrogens is 3. The predicted molar refractivity (Wildman–Crippen MR) is 72.5 cm³/mol. The van der Waals surface area contributed by atoms with Gasteiger partial charge in [-0.3, -0.25) is 14.4 Å². The minimum Gasteiger partial charge on any atom is -0.353 e. The van der Waals surface area contributed by atoms with Crippen molar-refractivity contribution in [2.24, 2.45) is 0 Å². The van der Waals surface area contributed by atoms with Gasteiger partial charge >= 0.3 is 0 Å².